The summed E-state index contributed by atoms with van der Waals surface area (Å²) in [7, 11) is 1.49. The molecule has 1 saturated carbocycles. The van der Waals surface area contributed by atoms with Crippen LogP contribution in [0, 0.1) is 0 Å². The van der Waals surface area contributed by atoms with E-state index in [1.54, 1.807) is 18.5 Å². The first-order valence-electron chi connectivity index (χ1n) is 9.78. The lowest BCUT2D eigenvalue weighted by Gasteiger charge is -2.32. The summed E-state index contributed by atoms with van der Waals surface area (Å²) in [5, 5.41) is 27.7. The number of carbonyl (C=O) groups is 1. The first-order chi connectivity index (χ1) is 14.4. The second-order valence-electron chi connectivity index (χ2n) is 7.70. The molecule has 30 heavy (non-hydrogen) atoms. The van der Waals surface area contributed by atoms with Gasteiger partial charge in [0.2, 0.25) is 5.43 Å². The molecule has 0 bridgehead atoms. The van der Waals surface area contributed by atoms with E-state index >= 15 is 0 Å². The maximum Gasteiger partial charge on any atom is 0.250 e. The average Bonchev–Trinajstić information content (AvgIpc) is 3.35. The van der Waals surface area contributed by atoms with E-state index in [9.17, 15) is 19.8 Å². The number of primary amides is 1. The van der Waals surface area contributed by atoms with E-state index in [2.05, 4.69) is 15.4 Å². The Morgan fingerprint density at radius 1 is 1.37 bits per heavy atom. The van der Waals surface area contributed by atoms with Crippen molar-refractivity contribution in [2.75, 3.05) is 7.05 Å². The van der Waals surface area contributed by atoms with Crippen LogP contribution in [-0.4, -0.2) is 42.5 Å². The number of aromatic nitrogens is 4. The molecule has 1 fully saturated rings. The zero-order chi connectivity index (χ0) is 21.5. The Hall–Kier alpha value is -3.24. The summed E-state index contributed by atoms with van der Waals surface area (Å²) >= 11 is 0. The third-order valence-corrected chi connectivity index (χ3v) is 5.84. The number of hydrogen-bond donors (Lipinski definition) is 4. The SMILES string of the molecule is CNC(O)c1nn(CC2(n3cc(C(N)=O)c4cccnc43)CCCC2)cc(O)c1=O. The van der Waals surface area contributed by atoms with Crippen molar-refractivity contribution in [2.24, 2.45) is 5.73 Å². The van der Waals surface area contributed by atoms with E-state index in [1.165, 1.54) is 17.9 Å². The number of nitrogens with zero attached hydrogens (tertiary/aromatic N) is 4. The van der Waals surface area contributed by atoms with Crippen molar-refractivity contribution in [2.45, 2.75) is 44.0 Å². The minimum atomic E-state index is -1.30. The normalized spacial score (nSPS) is 16.7. The first kappa shape index (κ1) is 20.0. The Morgan fingerprint density at radius 3 is 2.77 bits per heavy atom. The van der Waals surface area contributed by atoms with Crippen molar-refractivity contribution in [1.82, 2.24) is 24.6 Å². The number of hydrogen-bond acceptors (Lipinski definition) is 7. The summed E-state index contributed by atoms with van der Waals surface area (Å²) < 4.78 is 3.44. The monoisotopic (exact) mass is 412 g/mol. The lowest BCUT2D eigenvalue weighted by Crippen LogP contribution is -2.37. The third-order valence-electron chi connectivity index (χ3n) is 5.84. The highest BCUT2D eigenvalue weighted by Crippen LogP contribution is 2.41. The van der Waals surface area contributed by atoms with Gasteiger partial charge in [0.25, 0.3) is 5.91 Å². The molecule has 5 N–H and O–H groups in total. The fourth-order valence-corrected chi connectivity index (χ4v) is 4.37. The third kappa shape index (κ3) is 3.23. The number of rotatable bonds is 6. The van der Waals surface area contributed by atoms with Gasteiger partial charge in [-0.25, -0.2) is 4.98 Å². The molecule has 0 spiro atoms. The molecule has 0 radical (unpaired) electrons. The van der Waals surface area contributed by atoms with Gasteiger partial charge in [0.05, 0.1) is 23.8 Å². The highest BCUT2D eigenvalue weighted by molar-refractivity contribution is 6.05. The number of nitrogens with one attached hydrogen (secondary N) is 1. The van der Waals surface area contributed by atoms with Gasteiger partial charge in [-0.1, -0.05) is 12.8 Å². The van der Waals surface area contributed by atoms with Gasteiger partial charge in [-0.05, 0) is 32.0 Å². The lowest BCUT2D eigenvalue weighted by molar-refractivity contribution is 0.100. The van der Waals surface area contributed by atoms with E-state index < -0.39 is 28.9 Å². The number of carbonyl (C=O) groups excluding carboxylic acids is 1. The van der Waals surface area contributed by atoms with Crippen LogP contribution in [0.5, 0.6) is 5.75 Å². The summed E-state index contributed by atoms with van der Waals surface area (Å²) in [6, 6.07) is 3.57. The van der Waals surface area contributed by atoms with Crippen LogP contribution in [0.25, 0.3) is 11.0 Å². The minimum absolute atomic E-state index is 0.182. The molecule has 158 valence electrons. The Labute approximate surface area is 172 Å². The van der Waals surface area contributed by atoms with Gasteiger partial charge in [-0.2, -0.15) is 5.10 Å². The topological polar surface area (TPSA) is 148 Å². The molecule has 0 aliphatic heterocycles. The van der Waals surface area contributed by atoms with Crippen LogP contribution in [0.15, 0.2) is 35.5 Å². The zero-order valence-corrected chi connectivity index (χ0v) is 16.6. The van der Waals surface area contributed by atoms with Crippen LogP contribution >= 0.6 is 0 Å². The van der Waals surface area contributed by atoms with Crippen molar-refractivity contribution in [1.29, 1.82) is 0 Å². The number of amides is 1. The number of pyridine rings is 1. The summed E-state index contributed by atoms with van der Waals surface area (Å²) in [6.45, 7) is 0.322. The first-order valence-corrected chi connectivity index (χ1v) is 9.78. The van der Waals surface area contributed by atoms with Gasteiger partial charge in [-0.15, -0.1) is 0 Å². The molecule has 4 rings (SSSR count). The molecule has 0 saturated heterocycles. The molecule has 1 aliphatic rings. The molecule has 1 unspecified atom stereocenters. The predicted octanol–water partition coefficient (Wildman–Crippen LogP) is 0.577. The smallest absolute Gasteiger partial charge is 0.250 e. The molecule has 0 aromatic carbocycles. The Balaban J connectivity index is 1.85. The zero-order valence-electron chi connectivity index (χ0n) is 16.6. The van der Waals surface area contributed by atoms with Gasteiger partial charge in [0, 0.05) is 17.8 Å². The summed E-state index contributed by atoms with van der Waals surface area (Å²) in [5.41, 5.74) is 5.25. The van der Waals surface area contributed by atoms with Gasteiger partial charge in [0.1, 0.15) is 5.65 Å². The van der Waals surface area contributed by atoms with E-state index in [4.69, 9.17) is 5.73 Å². The maximum atomic E-state index is 12.2. The minimum Gasteiger partial charge on any atom is -0.503 e. The van der Waals surface area contributed by atoms with Gasteiger partial charge in [-0.3, -0.25) is 19.6 Å². The summed E-state index contributed by atoms with van der Waals surface area (Å²) in [5.74, 6) is -1.02. The van der Waals surface area contributed by atoms with Crippen molar-refractivity contribution in [3.63, 3.8) is 0 Å². The van der Waals surface area contributed by atoms with Crippen LogP contribution in [0.4, 0.5) is 0 Å². The van der Waals surface area contributed by atoms with Crippen LogP contribution < -0.4 is 16.5 Å². The molecule has 1 atom stereocenters. The molecule has 10 heteroatoms. The number of fused-ring (bicyclic) bond motifs is 1. The maximum absolute atomic E-state index is 12.2. The molecule has 3 aromatic rings. The molecular weight excluding hydrogens is 388 g/mol. The highest BCUT2D eigenvalue weighted by Gasteiger charge is 2.38. The van der Waals surface area contributed by atoms with E-state index in [1.807, 2.05) is 10.6 Å². The van der Waals surface area contributed by atoms with Gasteiger partial charge in [0.15, 0.2) is 17.7 Å². The molecular formula is C20H24N6O4. The van der Waals surface area contributed by atoms with Crippen LogP contribution in [-0.2, 0) is 12.1 Å². The van der Waals surface area contributed by atoms with E-state index in [0.717, 1.165) is 25.7 Å². The Morgan fingerprint density at radius 2 is 2.10 bits per heavy atom. The van der Waals surface area contributed by atoms with Crippen molar-refractivity contribution in [3.8, 4) is 5.75 Å². The highest BCUT2D eigenvalue weighted by atomic mass is 16.3. The fraction of sp³-hybridized carbons (Fsp3) is 0.400. The number of aliphatic hydroxyl groups excluding tert-OH is 1. The second kappa shape index (κ2) is 7.54. The molecule has 3 heterocycles. The van der Waals surface area contributed by atoms with Crippen molar-refractivity contribution < 1.29 is 15.0 Å². The fourth-order valence-electron chi connectivity index (χ4n) is 4.37. The standard InChI is InChI=1S/C20H24N6O4/c1-22-19(30)15-16(28)14(27)10-25(24-15)11-20(6-2-3-7-20)26-9-13(17(21)29)12-5-4-8-23-18(12)26/h4-5,8-10,19,22,27,30H,2-3,6-7,11H2,1H3,(H2,21,29). The average molecular weight is 412 g/mol. The van der Waals surface area contributed by atoms with Crippen LogP contribution in [0.2, 0.25) is 0 Å². The second-order valence-corrected chi connectivity index (χ2v) is 7.70. The molecule has 10 nitrogen and oxygen atoms in total. The predicted molar refractivity (Wildman–Crippen MR) is 109 cm³/mol. The molecule has 3 aromatic heterocycles. The Kier molecular flexibility index (Phi) is 5.04. The molecule has 1 amide bonds. The van der Waals surface area contributed by atoms with Gasteiger partial charge >= 0.3 is 0 Å². The number of aromatic hydroxyl groups is 1. The summed E-state index contributed by atoms with van der Waals surface area (Å²) in [4.78, 5) is 28.7. The van der Waals surface area contributed by atoms with E-state index in [0.29, 0.717) is 23.1 Å². The van der Waals surface area contributed by atoms with E-state index in [-0.39, 0.29) is 5.69 Å². The number of nitrogens with two attached hydrogens (primary N) is 1. The number of aliphatic hydroxyl groups is 1. The van der Waals surface area contributed by atoms with Crippen LogP contribution in [0.3, 0.4) is 0 Å². The van der Waals surface area contributed by atoms with Gasteiger partial charge < -0.3 is 20.5 Å². The summed E-state index contributed by atoms with van der Waals surface area (Å²) in [6.07, 6.45) is 6.89. The Bertz CT molecular complexity index is 1160. The van der Waals surface area contributed by atoms with Crippen molar-refractivity contribution >= 4 is 16.9 Å². The molecule has 1 aliphatic carbocycles. The van der Waals surface area contributed by atoms with Crippen molar-refractivity contribution in [3.05, 3.63) is 52.2 Å². The lowest BCUT2D eigenvalue weighted by atomic mass is 9.97. The largest absolute Gasteiger partial charge is 0.503 e. The van der Waals surface area contributed by atoms with Crippen LogP contribution in [0.1, 0.15) is 48.0 Å². The quantitative estimate of drug-likeness (QED) is 0.433.